The van der Waals surface area contributed by atoms with Gasteiger partial charge in [0, 0.05) is 28.6 Å². The van der Waals surface area contributed by atoms with Gasteiger partial charge in [0.2, 0.25) is 4.99 Å². The Kier molecular flexibility index (Phi) is 6.18. The predicted molar refractivity (Wildman–Crippen MR) is 155 cm³/mol. The molecular formula is C30H23ClN4O2S. The number of hydrazone groups is 2. The number of halogens is 1. The van der Waals surface area contributed by atoms with Gasteiger partial charge < -0.3 is 4.74 Å². The first-order valence-corrected chi connectivity index (χ1v) is 13.2. The fourth-order valence-corrected chi connectivity index (χ4v) is 6.10. The van der Waals surface area contributed by atoms with Gasteiger partial charge in [0.1, 0.15) is 5.75 Å². The Labute approximate surface area is 230 Å². The highest BCUT2D eigenvalue weighted by atomic mass is 35.5. The quantitative estimate of drug-likeness (QED) is 0.277. The van der Waals surface area contributed by atoms with Crippen LogP contribution in [-0.4, -0.2) is 23.6 Å². The molecule has 4 aromatic rings. The van der Waals surface area contributed by atoms with Gasteiger partial charge in [0.05, 0.1) is 24.2 Å². The summed E-state index contributed by atoms with van der Waals surface area (Å²) >= 11 is 7.60. The summed E-state index contributed by atoms with van der Waals surface area (Å²) < 4.78 is 5.39. The molecule has 1 atom stereocenters. The number of benzene rings is 4. The molecular weight excluding hydrogens is 516 g/mol. The van der Waals surface area contributed by atoms with Crippen LogP contribution in [0, 0.1) is 0 Å². The van der Waals surface area contributed by atoms with Crippen LogP contribution in [0.1, 0.15) is 23.6 Å². The standard InChI is InChI=1S/C30H23ClN4O2S/c1-20(36)29-33-35(24-16-18-25(37-2)19-17-24)30(38-29)27-11-7-6-10-26(27)28(21-12-14-22(31)15-13-21)32-34(30)23-8-4-3-5-9-23/h3-19H,1-2H3. The maximum atomic E-state index is 12.8. The van der Waals surface area contributed by atoms with E-state index < -0.39 is 4.99 Å². The number of nitrogens with zero attached hydrogens (tertiary/aromatic N) is 4. The van der Waals surface area contributed by atoms with Crippen LogP contribution < -0.4 is 14.8 Å². The number of hydrogen-bond acceptors (Lipinski definition) is 7. The van der Waals surface area contributed by atoms with Crippen molar-refractivity contribution >= 4 is 51.3 Å². The second-order valence-electron chi connectivity index (χ2n) is 8.83. The molecule has 1 unspecified atom stereocenters. The van der Waals surface area contributed by atoms with Crippen LogP contribution in [-0.2, 0) is 9.79 Å². The monoisotopic (exact) mass is 538 g/mol. The minimum atomic E-state index is -0.997. The molecule has 4 aromatic carbocycles. The number of fused-ring (bicyclic) bond motifs is 2. The lowest BCUT2D eigenvalue weighted by Crippen LogP contribution is -2.54. The topological polar surface area (TPSA) is 57.5 Å². The molecule has 6 rings (SSSR count). The van der Waals surface area contributed by atoms with Gasteiger partial charge in [-0.2, -0.15) is 10.2 Å². The maximum Gasteiger partial charge on any atom is 0.234 e. The molecule has 0 fully saturated rings. The van der Waals surface area contributed by atoms with Crippen LogP contribution in [0.4, 0.5) is 11.4 Å². The van der Waals surface area contributed by atoms with E-state index in [2.05, 4.69) is 12.1 Å². The summed E-state index contributed by atoms with van der Waals surface area (Å²) in [6.45, 7) is 1.54. The van der Waals surface area contributed by atoms with Crippen LogP contribution in [0.5, 0.6) is 5.75 Å². The summed E-state index contributed by atoms with van der Waals surface area (Å²) in [5.41, 5.74) is 5.31. The van der Waals surface area contributed by atoms with Gasteiger partial charge in [-0.1, -0.05) is 66.2 Å². The van der Waals surface area contributed by atoms with Crippen molar-refractivity contribution in [2.75, 3.05) is 17.1 Å². The Morgan fingerprint density at radius 3 is 2.13 bits per heavy atom. The number of Topliss-reactive ketones (excluding diaryl/α,β-unsaturated/α-hetero) is 1. The predicted octanol–water partition coefficient (Wildman–Crippen LogP) is 6.89. The number of para-hydroxylation sites is 1. The number of methoxy groups -OCH3 is 1. The van der Waals surface area contributed by atoms with E-state index in [-0.39, 0.29) is 5.78 Å². The van der Waals surface area contributed by atoms with Crippen LogP contribution in [0.25, 0.3) is 0 Å². The average Bonchev–Trinajstić information content (AvgIpc) is 3.36. The highest BCUT2D eigenvalue weighted by molar-refractivity contribution is 8.17. The van der Waals surface area contributed by atoms with Crippen molar-refractivity contribution in [3.63, 3.8) is 0 Å². The number of ether oxygens (including phenoxy) is 1. The highest BCUT2D eigenvalue weighted by Crippen LogP contribution is 2.55. The third-order valence-corrected chi connectivity index (χ3v) is 8.14. The minimum Gasteiger partial charge on any atom is -0.497 e. The van der Waals surface area contributed by atoms with Gasteiger partial charge in [-0.25, -0.2) is 10.0 Å². The van der Waals surface area contributed by atoms with Gasteiger partial charge in [-0.3, -0.25) is 4.79 Å². The molecule has 2 aliphatic heterocycles. The van der Waals surface area contributed by atoms with E-state index in [0.717, 1.165) is 39.5 Å². The van der Waals surface area contributed by atoms with E-state index in [1.165, 1.54) is 11.8 Å². The SMILES string of the molecule is COc1ccc(N2N=C(C(C)=O)SC23c2ccccc2C(c2ccc(Cl)cc2)=NN3c2ccccc2)cc1. The minimum absolute atomic E-state index is 0.108. The Morgan fingerprint density at radius 2 is 1.45 bits per heavy atom. The molecule has 0 bridgehead atoms. The first-order valence-electron chi connectivity index (χ1n) is 12.0. The Balaban J connectivity index is 1.64. The van der Waals surface area contributed by atoms with E-state index in [1.54, 1.807) is 14.0 Å². The molecule has 0 amide bonds. The molecule has 0 saturated heterocycles. The highest BCUT2D eigenvalue weighted by Gasteiger charge is 2.55. The number of ketones is 1. The molecule has 0 aliphatic carbocycles. The molecule has 2 aliphatic rings. The normalized spacial score (nSPS) is 18.2. The van der Waals surface area contributed by atoms with Gasteiger partial charge in [-0.15, -0.1) is 0 Å². The number of carbonyl (C=O) groups excluding carboxylic acids is 1. The molecule has 2 heterocycles. The number of hydrogen-bond donors (Lipinski definition) is 0. The van der Waals surface area contributed by atoms with Crippen molar-refractivity contribution in [3.8, 4) is 5.75 Å². The molecule has 0 saturated carbocycles. The van der Waals surface area contributed by atoms with Crippen LogP contribution in [0.3, 0.4) is 0 Å². The van der Waals surface area contributed by atoms with Gasteiger partial charge in [0.15, 0.2) is 10.8 Å². The number of rotatable bonds is 5. The van der Waals surface area contributed by atoms with Crippen LogP contribution in [0.15, 0.2) is 113 Å². The van der Waals surface area contributed by atoms with Gasteiger partial charge in [-0.05, 0) is 60.3 Å². The summed E-state index contributed by atoms with van der Waals surface area (Å²) in [5.74, 6) is 0.626. The smallest absolute Gasteiger partial charge is 0.234 e. The van der Waals surface area contributed by atoms with Crippen molar-refractivity contribution in [2.24, 2.45) is 10.2 Å². The largest absolute Gasteiger partial charge is 0.497 e. The van der Waals surface area contributed by atoms with E-state index in [1.807, 2.05) is 101 Å². The van der Waals surface area contributed by atoms with Crippen molar-refractivity contribution in [2.45, 2.75) is 11.9 Å². The molecule has 1 spiro atoms. The fraction of sp³-hybridized carbons (Fsp3) is 0.100. The summed E-state index contributed by atoms with van der Waals surface area (Å²) in [6.07, 6.45) is 0. The number of carbonyl (C=O) groups is 1. The van der Waals surface area contributed by atoms with E-state index in [4.69, 9.17) is 26.5 Å². The lowest BCUT2D eigenvalue weighted by atomic mass is 9.93. The lowest BCUT2D eigenvalue weighted by Gasteiger charge is -2.47. The zero-order valence-electron chi connectivity index (χ0n) is 20.7. The molecule has 0 N–H and O–H groups in total. The van der Waals surface area contributed by atoms with Gasteiger partial charge >= 0.3 is 0 Å². The molecule has 0 aromatic heterocycles. The van der Waals surface area contributed by atoms with Gasteiger partial charge in [0.25, 0.3) is 0 Å². The Morgan fingerprint density at radius 1 is 0.816 bits per heavy atom. The summed E-state index contributed by atoms with van der Waals surface area (Å²) in [7, 11) is 1.63. The first-order chi connectivity index (χ1) is 18.5. The zero-order chi connectivity index (χ0) is 26.3. The van der Waals surface area contributed by atoms with Crippen LogP contribution >= 0.6 is 23.4 Å². The van der Waals surface area contributed by atoms with E-state index in [0.29, 0.717) is 10.1 Å². The third kappa shape index (κ3) is 3.95. The zero-order valence-corrected chi connectivity index (χ0v) is 22.3. The van der Waals surface area contributed by atoms with E-state index >= 15 is 0 Å². The lowest BCUT2D eigenvalue weighted by molar-refractivity contribution is -0.110. The second-order valence-corrected chi connectivity index (χ2v) is 10.4. The Hall–Kier alpha value is -4.07. The molecule has 8 heteroatoms. The van der Waals surface area contributed by atoms with Crippen molar-refractivity contribution < 1.29 is 9.53 Å². The first kappa shape index (κ1) is 24.3. The summed E-state index contributed by atoms with van der Waals surface area (Å²) in [4.78, 5) is 11.8. The molecule has 0 radical (unpaired) electrons. The average molecular weight is 539 g/mol. The van der Waals surface area contributed by atoms with Crippen molar-refractivity contribution in [3.05, 3.63) is 125 Å². The second kappa shape index (κ2) is 9.67. The summed E-state index contributed by atoms with van der Waals surface area (Å²) in [5, 5.41) is 15.1. The van der Waals surface area contributed by atoms with Crippen LogP contribution in [0.2, 0.25) is 5.02 Å². The number of thioether (sulfide) groups is 1. The van der Waals surface area contributed by atoms with E-state index in [9.17, 15) is 4.79 Å². The van der Waals surface area contributed by atoms with Crippen molar-refractivity contribution in [1.82, 2.24) is 0 Å². The fourth-order valence-electron chi connectivity index (χ4n) is 4.69. The summed E-state index contributed by atoms with van der Waals surface area (Å²) in [6, 6.07) is 33.4. The third-order valence-electron chi connectivity index (χ3n) is 6.47. The molecule has 38 heavy (non-hydrogen) atoms. The van der Waals surface area contributed by atoms with Crippen molar-refractivity contribution in [1.29, 1.82) is 0 Å². The molecule has 6 nitrogen and oxygen atoms in total. The Bertz CT molecular complexity index is 1570. The number of anilines is 2. The maximum absolute atomic E-state index is 12.8. The molecule has 188 valence electrons.